The van der Waals surface area contributed by atoms with Crippen LogP contribution in [0.3, 0.4) is 0 Å². The highest BCUT2D eigenvalue weighted by Crippen LogP contribution is 2.55. The maximum atomic E-state index is 12.9. The van der Waals surface area contributed by atoms with Gasteiger partial charge in [-0.25, -0.2) is 8.78 Å². The van der Waals surface area contributed by atoms with E-state index in [0.717, 1.165) is 16.5 Å². The van der Waals surface area contributed by atoms with Crippen LogP contribution >= 0.6 is 0 Å². The van der Waals surface area contributed by atoms with Gasteiger partial charge in [-0.3, -0.25) is 4.98 Å². The fourth-order valence-electron chi connectivity index (χ4n) is 1.89. The number of pyridine rings is 1. The summed E-state index contributed by atoms with van der Waals surface area (Å²) in [5, 5.41) is 0.928. The molecule has 0 aliphatic heterocycles. The smallest absolute Gasteiger partial charge is 0.255 e. The van der Waals surface area contributed by atoms with Gasteiger partial charge in [-0.05, 0) is 23.8 Å². The highest BCUT2D eigenvalue weighted by molar-refractivity contribution is 5.79. The topological polar surface area (TPSA) is 12.9 Å². The average molecular weight is 205 g/mol. The molecule has 1 aliphatic rings. The van der Waals surface area contributed by atoms with Crippen molar-refractivity contribution in [2.24, 2.45) is 0 Å². The molecule has 15 heavy (non-hydrogen) atoms. The van der Waals surface area contributed by atoms with E-state index in [1.807, 2.05) is 18.2 Å². The van der Waals surface area contributed by atoms with E-state index in [4.69, 9.17) is 0 Å². The Bertz CT molecular complexity index is 522. The van der Waals surface area contributed by atoms with Crippen molar-refractivity contribution in [1.82, 2.24) is 4.98 Å². The molecule has 1 nitrogen and oxygen atoms in total. The van der Waals surface area contributed by atoms with Crippen LogP contribution in [0.4, 0.5) is 8.78 Å². The molecule has 3 heteroatoms. The van der Waals surface area contributed by atoms with Crippen molar-refractivity contribution < 1.29 is 8.78 Å². The summed E-state index contributed by atoms with van der Waals surface area (Å²) in [6.07, 6.45) is 1.69. The predicted octanol–water partition coefficient (Wildman–Crippen LogP) is 3.36. The minimum atomic E-state index is -2.49. The van der Waals surface area contributed by atoms with Gasteiger partial charge in [0.25, 0.3) is 5.92 Å². The van der Waals surface area contributed by atoms with E-state index in [2.05, 4.69) is 4.98 Å². The van der Waals surface area contributed by atoms with E-state index in [1.165, 1.54) is 0 Å². The van der Waals surface area contributed by atoms with Crippen molar-refractivity contribution in [2.75, 3.05) is 0 Å². The summed E-state index contributed by atoms with van der Waals surface area (Å²) in [5.74, 6) is -3.07. The molecule has 0 amide bonds. The zero-order chi connectivity index (χ0) is 10.5. The molecule has 2 aromatic rings. The lowest BCUT2D eigenvalue weighted by Crippen LogP contribution is -1.92. The Balaban J connectivity index is 2.08. The van der Waals surface area contributed by atoms with Gasteiger partial charge < -0.3 is 0 Å². The van der Waals surface area contributed by atoms with Crippen LogP contribution in [-0.2, 0) is 0 Å². The molecule has 0 spiro atoms. The zero-order valence-electron chi connectivity index (χ0n) is 7.95. The van der Waals surface area contributed by atoms with Crippen LogP contribution in [0.15, 0.2) is 36.5 Å². The largest absolute Gasteiger partial charge is 0.256 e. The molecule has 1 fully saturated rings. The molecular formula is C12H9F2N. The van der Waals surface area contributed by atoms with Crippen LogP contribution in [0.1, 0.15) is 17.9 Å². The van der Waals surface area contributed by atoms with Crippen molar-refractivity contribution in [1.29, 1.82) is 0 Å². The summed E-state index contributed by atoms with van der Waals surface area (Å²) < 4.78 is 25.7. The zero-order valence-corrected chi connectivity index (χ0v) is 7.95. The Morgan fingerprint density at radius 2 is 2.07 bits per heavy atom. The van der Waals surface area contributed by atoms with Gasteiger partial charge in [0, 0.05) is 18.0 Å². The van der Waals surface area contributed by atoms with E-state index < -0.39 is 11.8 Å². The summed E-state index contributed by atoms with van der Waals surface area (Å²) in [4.78, 5) is 4.15. The summed E-state index contributed by atoms with van der Waals surface area (Å²) in [6.45, 7) is 0. The third-order valence-corrected chi connectivity index (χ3v) is 2.86. The SMILES string of the molecule is FC1(F)CC1c1ccc2ncccc2c1. The molecule has 1 heterocycles. The lowest BCUT2D eigenvalue weighted by atomic mass is 10.1. The molecule has 0 bridgehead atoms. The standard InChI is InChI=1S/C12H9F2N/c13-12(14)7-10(12)8-3-4-11-9(6-8)2-1-5-15-11/h1-6,10H,7H2. The number of hydrogen-bond donors (Lipinski definition) is 0. The Hall–Kier alpha value is -1.51. The first-order chi connectivity index (χ1) is 7.17. The second-order valence-corrected chi connectivity index (χ2v) is 3.97. The first kappa shape index (κ1) is 8.77. The Morgan fingerprint density at radius 3 is 2.80 bits per heavy atom. The minimum absolute atomic E-state index is 0.0151. The molecule has 76 valence electrons. The van der Waals surface area contributed by atoms with E-state index in [0.29, 0.717) is 0 Å². The number of alkyl halides is 2. The Kier molecular flexibility index (Phi) is 1.61. The second kappa shape index (κ2) is 2.75. The number of nitrogens with zero attached hydrogens (tertiary/aromatic N) is 1. The number of hydrogen-bond acceptors (Lipinski definition) is 1. The van der Waals surface area contributed by atoms with Gasteiger partial charge in [-0.1, -0.05) is 12.1 Å². The summed E-state index contributed by atoms with van der Waals surface area (Å²) in [6, 6.07) is 9.08. The summed E-state index contributed by atoms with van der Waals surface area (Å²) in [5.41, 5.74) is 1.57. The molecule has 0 N–H and O–H groups in total. The quantitative estimate of drug-likeness (QED) is 0.695. The van der Waals surface area contributed by atoms with E-state index in [9.17, 15) is 8.78 Å². The van der Waals surface area contributed by atoms with Gasteiger partial charge >= 0.3 is 0 Å². The fourth-order valence-corrected chi connectivity index (χ4v) is 1.89. The van der Waals surface area contributed by atoms with Gasteiger partial charge in [-0.15, -0.1) is 0 Å². The molecule has 3 rings (SSSR count). The molecule has 1 aromatic heterocycles. The molecule has 1 saturated carbocycles. The van der Waals surface area contributed by atoms with E-state index in [1.54, 1.807) is 18.3 Å². The average Bonchev–Trinajstić information content (AvgIpc) is 2.87. The number of benzene rings is 1. The highest BCUT2D eigenvalue weighted by atomic mass is 19.3. The Morgan fingerprint density at radius 1 is 1.27 bits per heavy atom. The van der Waals surface area contributed by atoms with Crippen molar-refractivity contribution in [3.05, 3.63) is 42.1 Å². The third-order valence-electron chi connectivity index (χ3n) is 2.86. The molecule has 1 aliphatic carbocycles. The maximum absolute atomic E-state index is 12.9. The van der Waals surface area contributed by atoms with Crippen molar-refractivity contribution in [3.8, 4) is 0 Å². The van der Waals surface area contributed by atoms with Crippen LogP contribution in [0, 0.1) is 0 Å². The monoisotopic (exact) mass is 205 g/mol. The third kappa shape index (κ3) is 1.39. The summed E-state index contributed by atoms with van der Waals surface area (Å²) in [7, 11) is 0. The van der Waals surface area contributed by atoms with Crippen LogP contribution in [0.5, 0.6) is 0 Å². The van der Waals surface area contributed by atoms with Gasteiger partial charge in [0.05, 0.1) is 11.4 Å². The number of fused-ring (bicyclic) bond motifs is 1. The van der Waals surface area contributed by atoms with Crippen LogP contribution < -0.4 is 0 Å². The fraction of sp³-hybridized carbons (Fsp3) is 0.250. The normalized spacial score (nSPS) is 22.9. The molecule has 1 unspecified atom stereocenters. The molecule has 0 saturated heterocycles. The first-order valence-electron chi connectivity index (χ1n) is 4.89. The molecule has 0 radical (unpaired) electrons. The number of rotatable bonds is 1. The van der Waals surface area contributed by atoms with Gasteiger partial charge in [0.2, 0.25) is 0 Å². The lowest BCUT2D eigenvalue weighted by Gasteiger charge is -2.01. The number of aromatic nitrogens is 1. The van der Waals surface area contributed by atoms with Crippen molar-refractivity contribution >= 4 is 10.9 Å². The van der Waals surface area contributed by atoms with E-state index >= 15 is 0 Å². The van der Waals surface area contributed by atoms with Gasteiger partial charge in [-0.2, -0.15) is 0 Å². The van der Waals surface area contributed by atoms with Gasteiger partial charge in [0.15, 0.2) is 0 Å². The summed E-state index contributed by atoms with van der Waals surface area (Å²) >= 11 is 0. The Labute approximate surface area is 85.8 Å². The van der Waals surface area contributed by atoms with E-state index in [-0.39, 0.29) is 6.42 Å². The van der Waals surface area contributed by atoms with Crippen molar-refractivity contribution in [2.45, 2.75) is 18.3 Å². The van der Waals surface area contributed by atoms with Crippen molar-refractivity contribution in [3.63, 3.8) is 0 Å². The highest BCUT2D eigenvalue weighted by Gasteiger charge is 2.57. The van der Waals surface area contributed by atoms with Gasteiger partial charge in [0.1, 0.15) is 0 Å². The predicted molar refractivity (Wildman–Crippen MR) is 54.0 cm³/mol. The molecule has 1 aromatic carbocycles. The van der Waals surface area contributed by atoms with Crippen LogP contribution in [0.25, 0.3) is 10.9 Å². The lowest BCUT2D eigenvalue weighted by molar-refractivity contribution is 0.112. The second-order valence-electron chi connectivity index (χ2n) is 3.97. The van der Waals surface area contributed by atoms with Crippen LogP contribution in [-0.4, -0.2) is 10.9 Å². The van der Waals surface area contributed by atoms with Crippen LogP contribution in [0.2, 0.25) is 0 Å². The maximum Gasteiger partial charge on any atom is 0.255 e. The molecule has 1 atom stereocenters. The number of halogens is 2. The first-order valence-corrected chi connectivity index (χ1v) is 4.89. The molecular weight excluding hydrogens is 196 g/mol. The minimum Gasteiger partial charge on any atom is -0.256 e.